The maximum absolute atomic E-state index is 12.0. The Hall–Kier alpha value is -1.46. The van der Waals surface area contributed by atoms with Gasteiger partial charge in [-0.2, -0.15) is 11.3 Å². The average molecular weight is 307 g/mol. The molecule has 2 rings (SSSR count). The number of hydrogen-bond acceptors (Lipinski definition) is 4. The molecule has 1 heterocycles. The first-order valence-corrected chi connectivity index (χ1v) is 8.42. The number of thioether (sulfide) groups is 1. The van der Waals surface area contributed by atoms with Crippen molar-refractivity contribution in [2.75, 3.05) is 18.7 Å². The second kappa shape index (κ2) is 7.36. The van der Waals surface area contributed by atoms with Gasteiger partial charge in [0.2, 0.25) is 5.91 Å². The zero-order chi connectivity index (χ0) is 14.4. The molecule has 0 radical (unpaired) electrons. The van der Waals surface area contributed by atoms with Crippen molar-refractivity contribution in [1.29, 1.82) is 0 Å². The normalized spacial score (nSPS) is 10.3. The molecule has 0 saturated carbocycles. The molecule has 0 bridgehead atoms. The van der Waals surface area contributed by atoms with E-state index in [0.29, 0.717) is 12.2 Å². The lowest BCUT2D eigenvalue weighted by molar-refractivity contribution is -0.116. The summed E-state index contributed by atoms with van der Waals surface area (Å²) < 4.78 is 5.31. The van der Waals surface area contributed by atoms with Crippen LogP contribution >= 0.6 is 23.1 Å². The number of methoxy groups -OCH3 is 1. The number of aryl methyl sites for hydroxylation is 1. The van der Waals surface area contributed by atoms with Crippen LogP contribution in [-0.2, 0) is 11.2 Å². The number of rotatable bonds is 6. The lowest BCUT2D eigenvalue weighted by Crippen LogP contribution is -2.13. The highest BCUT2D eigenvalue weighted by Crippen LogP contribution is 2.29. The average Bonchev–Trinajstić information content (AvgIpc) is 2.99. The van der Waals surface area contributed by atoms with Gasteiger partial charge in [-0.3, -0.25) is 4.79 Å². The van der Waals surface area contributed by atoms with Crippen LogP contribution in [-0.4, -0.2) is 19.3 Å². The van der Waals surface area contributed by atoms with Gasteiger partial charge in [0.05, 0.1) is 12.8 Å². The van der Waals surface area contributed by atoms with Gasteiger partial charge in [0.15, 0.2) is 0 Å². The summed E-state index contributed by atoms with van der Waals surface area (Å²) in [5.74, 6) is 0.701. The minimum absolute atomic E-state index is 0.00593. The molecule has 1 aromatic heterocycles. The Morgan fingerprint density at radius 2 is 2.25 bits per heavy atom. The van der Waals surface area contributed by atoms with Gasteiger partial charge in [-0.25, -0.2) is 0 Å². The summed E-state index contributed by atoms with van der Waals surface area (Å²) in [6, 6.07) is 7.83. The molecule has 3 nitrogen and oxygen atoms in total. The molecule has 1 N–H and O–H groups in total. The Morgan fingerprint density at radius 3 is 2.90 bits per heavy atom. The van der Waals surface area contributed by atoms with Crippen LogP contribution in [0.2, 0.25) is 0 Å². The zero-order valence-electron chi connectivity index (χ0n) is 11.5. The molecule has 2 aromatic rings. The summed E-state index contributed by atoms with van der Waals surface area (Å²) in [7, 11) is 1.61. The fourth-order valence-electron chi connectivity index (χ4n) is 1.81. The number of thiophene rings is 1. The number of ether oxygens (including phenoxy) is 1. The molecule has 0 spiro atoms. The molecule has 0 atom stereocenters. The van der Waals surface area contributed by atoms with Crippen molar-refractivity contribution in [3.05, 3.63) is 40.6 Å². The molecular weight excluding hydrogens is 290 g/mol. The third-order valence-corrected chi connectivity index (χ3v) is 4.36. The van der Waals surface area contributed by atoms with Crippen LogP contribution in [0.3, 0.4) is 0 Å². The van der Waals surface area contributed by atoms with Gasteiger partial charge in [0.25, 0.3) is 0 Å². The molecule has 20 heavy (non-hydrogen) atoms. The first kappa shape index (κ1) is 14.9. The molecule has 0 unspecified atom stereocenters. The van der Waals surface area contributed by atoms with Crippen LogP contribution in [0, 0.1) is 0 Å². The standard InChI is InChI=1S/C15H17NO2S2/c1-18-14-9-12(19-2)4-5-13(14)16-15(17)6-3-11-7-8-20-10-11/h4-5,7-10H,3,6H2,1-2H3,(H,16,17). The molecule has 0 aliphatic carbocycles. The Balaban J connectivity index is 1.96. The minimum Gasteiger partial charge on any atom is -0.495 e. The molecule has 1 amide bonds. The van der Waals surface area contributed by atoms with Gasteiger partial charge in [0.1, 0.15) is 5.75 Å². The van der Waals surface area contributed by atoms with E-state index in [0.717, 1.165) is 17.0 Å². The lowest BCUT2D eigenvalue weighted by atomic mass is 10.2. The zero-order valence-corrected chi connectivity index (χ0v) is 13.1. The number of carbonyl (C=O) groups excluding carboxylic acids is 1. The quantitative estimate of drug-likeness (QED) is 0.818. The predicted molar refractivity (Wildman–Crippen MR) is 86.0 cm³/mol. The summed E-state index contributed by atoms with van der Waals surface area (Å²) in [5, 5.41) is 7.00. The lowest BCUT2D eigenvalue weighted by Gasteiger charge is -2.11. The molecule has 1 aromatic carbocycles. The van der Waals surface area contributed by atoms with Crippen molar-refractivity contribution in [2.45, 2.75) is 17.7 Å². The summed E-state index contributed by atoms with van der Waals surface area (Å²) >= 11 is 3.29. The van der Waals surface area contributed by atoms with Crippen molar-refractivity contribution in [3.63, 3.8) is 0 Å². The smallest absolute Gasteiger partial charge is 0.224 e. The van der Waals surface area contributed by atoms with Crippen molar-refractivity contribution >= 4 is 34.7 Å². The fraction of sp³-hybridized carbons (Fsp3) is 0.267. The Bertz CT molecular complexity index is 567. The van der Waals surface area contributed by atoms with E-state index in [2.05, 4.69) is 10.7 Å². The van der Waals surface area contributed by atoms with E-state index in [9.17, 15) is 4.79 Å². The van der Waals surface area contributed by atoms with Gasteiger partial charge in [-0.05, 0) is 53.3 Å². The van der Waals surface area contributed by atoms with Gasteiger partial charge < -0.3 is 10.1 Å². The second-order valence-electron chi connectivity index (χ2n) is 4.25. The van der Waals surface area contributed by atoms with Crippen LogP contribution in [0.25, 0.3) is 0 Å². The van der Waals surface area contributed by atoms with E-state index in [-0.39, 0.29) is 5.91 Å². The largest absolute Gasteiger partial charge is 0.495 e. The van der Waals surface area contributed by atoms with E-state index >= 15 is 0 Å². The maximum atomic E-state index is 12.0. The van der Waals surface area contributed by atoms with E-state index in [1.807, 2.05) is 35.9 Å². The van der Waals surface area contributed by atoms with Crippen molar-refractivity contribution in [1.82, 2.24) is 0 Å². The third kappa shape index (κ3) is 4.02. The highest BCUT2D eigenvalue weighted by molar-refractivity contribution is 7.98. The van der Waals surface area contributed by atoms with Gasteiger partial charge >= 0.3 is 0 Å². The van der Waals surface area contributed by atoms with Crippen LogP contribution in [0.5, 0.6) is 5.75 Å². The maximum Gasteiger partial charge on any atom is 0.224 e. The second-order valence-corrected chi connectivity index (χ2v) is 5.91. The molecule has 5 heteroatoms. The third-order valence-electron chi connectivity index (χ3n) is 2.90. The highest BCUT2D eigenvalue weighted by atomic mass is 32.2. The molecule has 106 valence electrons. The number of benzene rings is 1. The number of anilines is 1. The predicted octanol–water partition coefficient (Wildman–Crippen LogP) is 4.05. The highest BCUT2D eigenvalue weighted by Gasteiger charge is 2.08. The van der Waals surface area contributed by atoms with Crippen molar-refractivity contribution in [3.8, 4) is 5.75 Å². The fourth-order valence-corrected chi connectivity index (χ4v) is 2.94. The van der Waals surface area contributed by atoms with Crippen LogP contribution in [0.15, 0.2) is 39.9 Å². The van der Waals surface area contributed by atoms with Gasteiger partial charge in [-0.1, -0.05) is 0 Å². The van der Waals surface area contributed by atoms with E-state index in [1.54, 1.807) is 30.2 Å². The topological polar surface area (TPSA) is 38.3 Å². The Morgan fingerprint density at radius 1 is 1.40 bits per heavy atom. The molecular formula is C15H17NO2S2. The number of carbonyl (C=O) groups is 1. The summed E-state index contributed by atoms with van der Waals surface area (Å²) in [6.45, 7) is 0. The van der Waals surface area contributed by atoms with Crippen LogP contribution in [0.1, 0.15) is 12.0 Å². The van der Waals surface area contributed by atoms with Crippen LogP contribution < -0.4 is 10.1 Å². The monoisotopic (exact) mass is 307 g/mol. The van der Waals surface area contributed by atoms with E-state index in [1.165, 1.54) is 5.56 Å². The minimum atomic E-state index is 0.00593. The first-order valence-electron chi connectivity index (χ1n) is 6.26. The van der Waals surface area contributed by atoms with Crippen molar-refractivity contribution < 1.29 is 9.53 Å². The van der Waals surface area contributed by atoms with E-state index < -0.39 is 0 Å². The Labute approximate surface area is 127 Å². The van der Waals surface area contributed by atoms with Gasteiger partial charge in [0, 0.05) is 11.3 Å². The number of nitrogens with one attached hydrogen (secondary N) is 1. The number of amides is 1. The molecule has 0 fully saturated rings. The van der Waals surface area contributed by atoms with E-state index in [4.69, 9.17) is 4.74 Å². The summed E-state index contributed by atoms with van der Waals surface area (Å²) in [5.41, 5.74) is 1.93. The van der Waals surface area contributed by atoms with Crippen LogP contribution in [0.4, 0.5) is 5.69 Å². The molecule has 0 saturated heterocycles. The molecule has 0 aliphatic heterocycles. The SMILES string of the molecule is COc1cc(SC)ccc1NC(=O)CCc1ccsc1. The first-order chi connectivity index (χ1) is 9.72. The Kier molecular flexibility index (Phi) is 5.49. The summed E-state index contributed by atoms with van der Waals surface area (Å²) in [6.07, 6.45) is 3.25. The summed E-state index contributed by atoms with van der Waals surface area (Å²) in [4.78, 5) is 13.1. The molecule has 0 aliphatic rings. The number of hydrogen-bond donors (Lipinski definition) is 1. The van der Waals surface area contributed by atoms with Crippen molar-refractivity contribution in [2.24, 2.45) is 0 Å². The van der Waals surface area contributed by atoms with Gasteiger partial charge in [-0.15, -0.1) is 11.8 Å².